The van der Waals surface area contributed by atoms with Gasteiger partial charge in [-0.15, -0.1) is 0 Å². The van der Waals surface area contributed by atoms with Crippen LogP contribution in [0.3, 0.4) is 0 Å². The summed E-state index contributed by atoms with van der Waals surface area (Å²) in [7, 11) is 0. The summed E-state index contributed by atoms with van der Waals surface area (Å²) in [6.07, 6.45) is -0.999. The second-order valence-corrected chi connectivity index (χ2v) is 8.62. The van der Waals surface area contributed by atoms with E-state index in [0.29, 0.717) is 41.5 Å². The maximum absolute atomic E-state index is 12.8. The van der Waals surface area contributed by atoms with Gasteiger partial charge < -0.3 is 19.8 Å². The molecule has 2 aromatic carbocycles. The van der Waals surface area contributed by atoms with Crippen LogP contribution in [0.4, 0.5) is 19.0 Å². The number of alkyl halides is 3. The molecule has 0 saturated carbocycles. The number of aryl methyl sites for hydroxylation is 2. The second-order valence-electron chi connectivity index (χ2n) is 8.62. The van der Waals surface area contributed by atoms with Gasteiger partial charge in [0.25, 0.3) is 0 Å². The van der Waals surface area contributed by atoms with Crippen molar-refractivity contribution in [2.45, 2.75) is 39.0 Å². The zero-order valence-electron chi connectivity index (χ0n) is 20.5. The SMILES string of the molecule is Cc1cccc(-c2nc(N)c3ncn(CCCCOCOCNCc4cccc(C(F)(F)F)c4)c3n2)c1. The van der Waals surface area contributed by atoms with Gasteiger partial charge >= 0.3 is 6.18 Å². The molecule has 4 aromatic rings. The minimum Gasteiger partial charge on any atom is -0.382 e. The van der Waals surface area contributed by atoms with Crippen molar-refractivity contribution in [2.24, 2.45) is 0 Å². The highest BCUT2D eigenvalue weighted by atomic mass is 19.4. The minimum absolute atomic E-state index is 0.0905. The largest absolute Gasteiger partial charge is 0.416 e. The fourth-order valence-corrected chi connectivity index (χ4v) is 3.81. The van der Waals surface area contributed by atoms with E-state index in [1.165, 1.54) is 6.07 Å². The third kappa shape index (κ3) is 7.25. The molecule has 2 aromatic heterocycles. The topological polar surface area (TPSA) is 100 Å². The van der Waals surface area contributed by atoms with Crippen LogP contribution in [-0.2, 0) is 28.7 Å². The number of aromatic nitrogens is 4. The zero-order chi connectivity index (χ0) is 26.3. The molecule has 4 rings (SSSR count). The van der Waals surface area contributed by atoms with Gasteiger partial charge in [0.05, 0.1) is 18.6 Å². The monoisotopic (exact) mass is 514 g/mol. The van der Waals surface area contributed by atoms with E-state index in [1.54, 1.807) is 12.4 Å². The van der Waals surface area contributed by atoms with Crippen molar-refractivity contribution in [1.29, 1.82) is 0 Å². The van der Waals surface area contributed by atoms with Crippen LogP contribution in [0.5, 0.6) is 0 Å². The Morgan fingerprint density at radius 2 is 1.86 bits per heavy atom. The molecule has 0 atom stereocenters. The van der Waals surface area contributed by atoms with Crippen LogP contribution in [0.25, 0.3) is 22.6 Å². The fourth-order valence-electron chi connectivity index (χ4n) is 3.81. The van der Waals surface area contributed by atoms with Crippen molar-refractivity contribution in [3.8, 4) is 11.4 Å². The number of halogens is 3. The summed E-state index contributed by atoms with van der Waals surface area (Å²) in [6.45, 7) is 3.74. The maximum atomic E-state index is 12.8. The number of imidazole rings is 1. The molecule has 3 N–H and O–H groups in total. The summed E-state index contributed by atoms with van der Waals surface area (Å²) in [5.74, 6) is 0.917. The third-order valence-electron chi connectivity index (χ3n) is 5.66. The van der Waals surface area contributed by atoms with Crippen molar-refractivity contribution < 1.29 is 22.6 Å². The average molecular weight is 515 g/mol. The van der Waals surface area contributed by atoms with Crippen LogP contribution in [0, 0.1) is 6.92 Å². The number of ether oxygens (including phenoxy) is 2. The molecule has 196 valence electrons. The summed E-state index contributed by atoms with van der Waals surface area (Å²) < 4.78 is 51.1. The van der Waals surface area contributed by atoms with Gasteiger partial charge in [-0.2, -0.15) is 13.2 Å². The minimum atomic E-state index is -4.35. The molecule has 0 aliphatic heterocycles. The van der Waals surface area contributed by atoms with Gasteiger partial charge in [0.2, 0.25) is 0 Å². The van der Waals surface area contributed by atoms with Crippen molar-refractivity contribution in [1.82, 2.24) is 24.8 Å². The zero-order valence-corrected chi connectivity index (χ0v) is 20.5. The lowest BCUT2D eigenvalue weighted by molar-refractivity contribution is -0.137. The van der Waals surface area contributed by atoms with Crippen molar-refractivity contribution in [2.75, 3.05) is 25.9 Å². The first-order chi connectivity index (χ1) is 17.8. The fraction of sp³-hybridized carbons (Fsp3) is 0.346. The highest BCUT2D eigenvalue weighted by Crippen LogP contribution is 2.29. The van der Waals surface area contributed by atoms with E-state index in [1.807, 2.05) is 35.8 Å². The lowest BCUT2D eigenvalue weighted by Crippen LogP contribution is -2.19. The molecule has 0 bridgehead atoms. The molecule has 0 fully saturated rings. The van der Waals surface area contributed by atoms with Crippen molar-refractivity contribution in [3.63, 3.8) is 0 Å². The molecule has 0 amide bonds. The first-order valence-electron chi connectivity index (χ1n) is 11.9. The first-order valence-corrected chi connectivity index (χ1v) is 11.9. The van der Waals surface area contributed by atoms with Crippen LogP contribution in [0.2, 0.25) is 0 Å². The number of nitrogens with zero attached hydrogens (tertiary/aromatic N) is 4. The number of nitrogen functional groups attached to an aromatic ring is 1. The molecule has 0 radical (unpaired) electrons. The second kappa shape index (κ2) is 12.1. The normalized spacial score (nSPS) is 11.9. The predicted molar refractivity (Wildman–Crippen MR) is 134 cm³/mol. The number of unbranched alkanes of at least 4 members (excludes halogenated alkanes) is 1. The van der Waals surface area contributed by atoms with Crippen LogP contribution in [-0.4, -0.2) is 39.6 Å². The van der Waals surface area contributed by atoms with Crippen molar-refractivity contribution in [3.05, 3.63) is 71.5 Å². The predicted octanol–water partition coefficient (Wildman–Crippen LogP) is 4.92. The first kappa shape index (κ1) is 26.5. The standard InChI is InChI=1S/C26H29F3N6O2/c1-18-6-4-8-20(12-18)24-33-23(30)22-25(34-24)35(15-32-22)10-2-3-11-36-17-37-16-31-14-19-7-5-9-21(13-19)26(27,28)29/h4-9,12-13,15,31H,2-3,10-11,14,16-17H2,1H3,(H2,30,33,34). The van der Waals surface area contributed by atoms with E-state index in [9.17, 15) is 13.2 Å². The highest BCUT2D eigenvalue weighted by molar-refractivity contribution is 5.83. The Balaban J connectivity index is 1.15. The summed E-state index contributed by atoms with van der Waals surface area (Å²) >= 11 is 0. The molecule has 0 aliphatic rings. The smallest absolute Gasteiger partial charge is 0.382 e. The van der Waals surface area contributed by atoms with Gasteiger partial charge in [-0.05, 0) is 37.5 Å². The molecule has 0 aliphatic carbocycles. The molecule has 0 unspecified atom stereocenters. The number of rotatable bonds is 12. The van der Waals surface area contributed by atoms with E-state index in [4.69, 9.17) is 20.2 Å². The Morgan fingerprint density at radius 3 is 2.68 bits per heavy atom. The summed E-state index contributed by atoms with van der Waals surface area (Å²) in [5.41, 5.74) is 9.30. The number of hydrogen-bond acceptors (Lipinski definition) is 7. The molecule has 8 nitrogen and oxygen atoms in total. The molecular formula is C26H29F3N6O2. The van der Waals surface area contributed by atoms with Gasteiger partial charge in [0.15, 0.2) is 17.3 Å². The Hall–Kier alpha value is -3.54. The average Bonchev–Trinajstić information content (AvgIpc) is 3.28. The molecule has 37 heavy (non-hydrogen) atoms. The number of fused-ring (bicyclic) bond motifs is 1. The summed E-state index contributed by atoms with van der Waals surface area (Å²) in [4.78, 5) is 13.5. The molecule has 0 spiro atoms. The van der Waals surface area contributed by atoms with Gasteiger partial charge in [-0.25, -0.2) is 15.0 Å². The molecule has 11 heteroatoms. The maximum Gasteiger partial charge on any atom is 0.416 e. The third-order valence-corrected chi connectivity index (χ3v) is 5.66. The summed E-state index contributed by atoms with van der Waals surface area (Å²) in [6, 6.07) is 13.1. The van der Waals surface area contributed by atoms with Crippen LogP contribution in [0.15, 0.2) is 54.9 Å². The van der Waals surface area contributed by atoms with Gasteiger partial charge in [-0.1, -0.05) is 42.0 Å². The highest BCUT2D eigenvalue weighted by Gasteiger charge is 2.30. The Morgan fingerprint density at radius 1 is 1.03 bits per heavy atom. The lowest BCUT2D eigenvalue weighted by atomic mass is 10.1. The van der Waals surface area contributed by atoms with Gasteiger partial charge in [0, 0.05) is 25.3 Å². The van der Waals surface area contributed by atoms with Crippen LogP contribution >= 0.6 is 0 Å². The lowest BCUT2D eigenvalue weighted by Gasteiger charge is -2.10. The number of nitrogens with two attached hydrogens (primary N) is 1. The Kier molecular flexibility index (Phi) is 8.70. The van der Waals surface area contributed by atoms with Crippen molar-refractivity contribution >= 4 is 17.0 Å². The number of benzene rings is 2. The van der Waals surface area contributed by atoms with E-state index in [0.717, 1.165) is 36.1 Å². The molecule has 0 saturated heterocycles. The Labute approximate surface area is 212 Å². The number of nitrogens with one attached hydrogen (secondary N) is 1. The van der Waals surface area contributed by atoms with E-state index < -0.39 is 11.7 Å². The van der Waals surface area contributed by atoms with Gasteiger partial charge in [0.1, 0.15) is 12.3 Å². The molecular weight excluding hydrogens is 485 g/mol. The Bertz CT molecular complexity index is 1330. The molecule has 2 heterocycles. The summed E-state index contributed by atoms with van der Waals surface area (Å²) in [5, 5.41) is 2.94. The van der Waals surface area contributed by atoms with E-state index >= 15 is 0 Å². The van der Waals surface area contributed by atoms with Crippen LogP contribution < -0.4 is 11.1 Å². The van der Waals surface area contributed by atoms with E-state index in [-0.39, 0.29) is 20.1 Å². The number of hydrogen-bond donors (Lipinski definition) is 2. The van der Waals surface area contributed by atoms with Gasteiger partial charge in [-0.3, -0.25) is 5.32 Å². The quantitative estimate of drug-likeness (QED) is 0.204. The van der Waals surface area contributed by atoms with Crippen LogP contribution in [0.1, 0.15) is 29.5 Å². The van der Waals surface area contributed by atoms with E-state index in [2.05, 4.69) is 15.3 Å². The number of anilines is 1.